The van der Waals surface area contributed by atoms with Crippen molar-refractivity contribution in [2.75, 3.05) is 18.8 Å². The van der Waals surface area contributed by atoms with E-state index in [1.54, 1.807) is 5.57 Å². The third-order valence-corrected chi connectivity index (χ3v) is 17.4. The maximum atomic E-state index is 13.3. The number of hydrogen-bond donors (Lipinski definition) is 2. The van der Waals surface area contributed by atoms with Crippen LogP contribution >= 0.6 is 21.6 Å². The van der Waals surface area contributed by atoms with Gasteiger partial charge in [0.1, 0.15) is 0 Å². The Morgan fingerprint density at radius 2 is 1.59 bits per heavy atom. The Morgan fingerprint density at radius 1 is 0.857 bits per heavy atom. The minimum Gasteiger partial charge on any atom is -0.343 e. The molecule has 4 rings (SSSR count). The number of carbonyl (C=O) groups is 1. The summed E-state index contributed by atoms with van der Waals surface area (Å²) in [6.07, 6.45) is 27.0. The van der Waals surface area contributed by atoms with Crippen LogP contribution in [0.4, 0.5) is 0 Å². The van der Waals surface area contributed by atoms with Gasteiger partial charge >= 0.3 is 0 Å². The van der Waals surface area contributed by atoms with E-state index in [1.807, 2.05) is 10.8 Å². The quantitative estimate of drug-likeness (QED) is 0.0702. The first-order valence-corrected chi connectivity index (χ1v) is 23.5. The van der Waals surface area contributed by atoms with E-state index in [-0.39, 0.29) is 6.04 Å². The third-order valence-electron chi connectivity index (χ3n) is 14.5. The number of unbranched alkanes of at least 4 members (excludes halogenated alkanes) is 4. The number of rotatable bonds is 21. The van der Waals surface area contributed by atoms with E-state index in [9.17, 15) is 4.79 Å². The molecule has 4 aliphatic rings. The van der Waals surface area contributed by atoms with Gasteiger partial charge in [-0.3, -0.25) is 4.79 Å². The van der Waals surface area contributed by atoms with Crippen molar-refractivity contribution in [2.24, 2.45) is 57.8 Å². The molecule has 3 saturated carbocycles. The minimum atomic E-state index is 0.140. The zero-order valence-corrected chi connectivity index (χ0v) is 34.8. The molecule has 10 atom stereocenters. The normalized spacial score (nSPS) is 32.9. The molecule has 0 heterocycles. The molecule has 0 aliphatic heterocycles. The van der Waals surface area contributed by atoms with E-state index in [4.69, 9.17) is 11.5 Å². The summed E-state index contributed by atoms with van der Waals surface area (Å²) in [7, 11) is 4.05. The van der Waals surface area contributed by atoms with Crippen molar-refractivity contribution in [2.45, 2.75) is 188 Å². The summed E-state index contributed by atoms with van der Waals surface area (Å²) in [6.45, 7) is 18.5. The van der Waals surface area contributed by atoms with Crippen molar-refractivity contribution >= 4 is 27.5 Å². The van der Waals surface area contributed by atoms with E-state index < -0.39 is 0 Å². The SMILES string of the molecule is CC(N)CCCCCCCN(CCC(C)N)C(=O)CCSS[C@H]1CC[C@@]2(C)C(=CC[C@H]3[C@@H]4CC[C@H](CCC[C@@H](C)C(C)C)[C@@]4(C)CC[C@@H]32)C1. The summed E-state index contributed by atoms with van der Waals surface area (Å²) < 4.78 is 0. The maximum Gasteiger partial charge on any atom is 0.223 e. The molecular weight excluding hydrogens is 639 g/mol. The van der Waals surface area contributed by atoms with Crippen LogP contribution in [0.3, 0.4) is 0 Å². The largest absolute Gasteiger partial charge is 0.343 e. The average molecular weight is 718 g/mol. The Hall–Kier alpha value is -0.170. The molecule has 0 aromatic carbocycles. The zero-order valence-electron chi connectivity index (χ0n) is 33.2. The molecule has 49 heavy (non-hydrogen) atoms. The molecule has 6 heteroatoms. The first kappa shape index (κ1) is 41.6. The zero-order chi connectivity index (χ0) is 35.6. The molecule has 0 bridgehead atoms. The smallest absolute Gasteiger partial charge is 0.223 e. The van der Waals surface area contributed by atoms with Gasteiger partial charge in [-0.2, -0.15) is 0 Å². The molecule has 2 unspecified atom stereocenters. The van der Waals surface area contributed by atoms with Crippen LogP contribution in [-0.4, -0.2) is 47.0 Å². The molecule has 4 nitrogen and oxygen atoms in total. The van der Waals surface area contributed by atoms with Gasteiger partial charge in [0.2, 0.25) is 5.91 Å². The number of nitrogens with zero attached hydrogens (tertiary/aromatic N) is 1. The summed E-state index contributed by atoms with van der Waals surface area (Å²) in [5.41, 5.74) is 14.8. The van der Waals surface area contributed by atoms with Gasteiger partial charge in [-0.15, -0.1) is 0 Å². The van der Waals surface area contributed by atoms with Gasteiger partial charge in [0, 0.05) is 42.6 Å². The Morgan fingerprint density at radius 3 is 2.33 bits per heavy atom. The molecule has 4 aliphatic carbocycles. The fourth-order valence-corrected chi connectivity index (χ4v) is 13.4. The second-order valence-corrected chi connectivity index (χ2v) is 21.2. The molecule has 0 spiro atoms. The number of nitrogens with two attached hydrogens (primary N) is 2. The molecule has 0 saturated heterocycles. The lowest BCUT2D eigenvalue weighted by atomic mass is 9.47. The highest BCUT2D eigenvalue weighted by Gasteiger charge is 2.58. The van der Waals surface area contributed by atoms with E-state index in [0.29, 0.717) is 34.4 Å². The first-order valence-electron chi connectivity index (χ1n) is 21.1. The lowest BCUT2D eigenvalue weighted by Crippen LogP contribution is -2.50. The number of allylic oxidation sites excluding steroid dienone is 2. The number of hydrogen-bond acceptors (Lipinski definition) is 5. The highest BCUT2D eigenvalue weighted by molar-refractivity contribution is 8.76. The van der Waals surface area contributed by atoms with Crippen LogP contribution in [0.15, 0.2) is 11.6 Å². The molecule has 0 radical (unpaired) electrons. The second kappa shape index (κ2) is 19.8. The fraction of sp³-hybridized carbons (Fsp3) is 0.930. The van der Waals surface area contributed by atoms with Crippen LogP contribution in [0.1, 0.15) is 170 Å². The second-order valence-electron chi connectivity index (χ2n) is 18.4. The van der Waals surface area contributed by atoms with Gasteiger partial charge in [-0.25, -0.2) is 0 Å². The number of amides is 1. The Bertz CT molecular complexity index is 1030. The third kappa shape index (κ3) is 11.4. The average Bonchev–Trinajstić information content (AvgIpc) is 3.39. The van der Waals surface area contributed by atoms with Crippen molar-refractivity contribution in [1.29, 1.82) is 0 Å². The predicted octanol–water partition coefficient (Wildman–Crippen LogP) is 11.4. The molecule has 284 valence electrons. The van der Waals surface area contributed by atoms with Crippen molar-refractivity contribution in [1.82, 2.24) is 4.90 Å². The Kier molecular flexibility index (Phi) is 16.8. The molecule has 1 amide bonds. The summed E-state index contributed by atoms with van der Waals surface area (Å²) in [4.78, 5) is 15.4. The topological polar surface area (TPSA) is 72.3 Å². The molecule has 3 fully saturated rings. The van der Waals surface area contributed by atoms with Crippen LogP contribution in [-0.2, 0) is 4.79 Å². The monoisotopic (exact) mass is 718 g/mol. The van der Waals surface area contributed by atoms with Gasteiger partial charge in [-0.1, -0.05) is 106 Å². The van der Waals surface area contributed by atoms with E-state index >= 15 is 0 Å². The van der Waals surface area contributed by atoms with Gasteiger partial charge in [0.15, 0.2) is 0 Å². The van der Waals surface area contributed by atoms with E-state index in [0.717, 1.165) is 73.6 Å². The van der Waals surface area contributed by atoms with E-state index in [1.165, 1.54) is 96.3 Å². The van der Waals surface area contributed by atoms with Gasteiger partial charge in [0.25, 0.3) is 0 Å². The van der Waals surface area contributed by atoms with Gasteiger partial charge in [0.05, 0.1) is 0 Å². The van der Waals surface area contributed by atoms with Crippen molar-refractivity contribution in [3.8, 4) is 0 Å². The first-order chi connectivity index (χ1) is 23.3. The lowest BCUT2D eigenvalue weighted by molar-refractivity contribution is -0.130. The van der Waals surface area contributed by atoms with Gasteiger partial charge < -0.3 is 16.4 Å². The summed E-state index contributed by atoms with van der Waals surface area (Å²) in [6, 6.07) is 0.450. The van der Waals surface area contributed by atoms with Crippen LogP contribution in [0.5, 0.6) is 0 Å². The van der Waals surface area contributed by atoms with Crippen molar-refractivity contribution in [3.05, 3.63) is 11.6 Å². The maximum absolute atomic E-state index is 13.3. The Labute approximate surface area is 312 Å². The van der Waals surface area contributed by atoms with Crippen LogP contribution in [0.2, 0.25) is 0 Å². The molecular formula is C43H79N3OS2. The summed E-state index contributed by atoms with van der Waals surface area (Å²) >= 11 is 0. The molecule has 4 N–H and O–H groups in total. The van der Waals surface area contributed by atoms with Crippen LogP contribution < -0.4 is 11.5 Å². The highest BCUT2D eigenvalue weighted by Crippen LogP contribution is 2.67. The predicted molar refractivity (Wildman–Crippen MR) is 218 cm³/mol. The van der Waals surface area contributed by atoms with E-state index in [2.05, 4.69) is 70.2 Å². The number of fused-ring (bicyclic) bond motifs is 5. The minimum absolute atomic E-state index is 0.140. The van der Waals surface area contributed by atoms with Crippen molar-refractivity contribution < 1.29 is 4.79 Å². The Balaban J connectivity index is 1.20. The summed E-state index contributed by atoms with van der Waals surface area (Å²) in [5.74, 6) is 6.66. The molecule has 0 aromatic rings. The highest BCUT2D eigenvalue weighted by atomic mass is 33.1. The number of carbonyl (C=O) groups excluding carboxylic acids is 1. The fourth-order valence-electron chi connectivity index (χ4n) is 10.8. The standard InChI is InChI=1S/C43H79N3OS2/c1-31(2)32(3)14-13-16-35-18-20-39-38-19-17-36-30-37(21-25-43(36,7)40(38)22-26-42(35,39)6)49-48-29-24-41(47)46(28-23-34(5)45)27-12-10-8-9-11-15-33(4)44/h17,31-35,37-40H,8-16,18-30,44-45H2,1-7H3/t32-,33?,34?,35+,37+,38+,39+,40+,42-,43+/m1/s1. The lowest BCUT2D eigenvalue weighted by Gasteiger charge is -2.58. The summed E-state index contributed by atoms with van der Waals surface area (Å²) in [5, 5.41) is 0.699. The molecule has 0 aromatic heterocycles. The van der Waals surface area contributed by atoms with Crippen molar-refractivity contribution in [3.63, 3.8) is 0 Å². The van der Waals surface area contributed by atoms with Gasteiger partial charge in [-0.05, 0) is 137 Å². The van der Waals surface area contributed by atoms with Crippen LogP contribution in [0.25, 0.3) is 0 Å². The van der Waals surface area contributed by atoms with Crippen LogP contribution in [0, 0.1) is 46.3 Å².